The predicted molar refractivity (Wildman–Crippen MR) is 136 cm³/mol. The number of benzene rings is 2. The molecule has 170 valence electrons. The summed E-state index contributed by atoms with van der Waals surface area (Å²) < 4.78 is 5.66. The summed E-state index contributed by atoms with van der Waals surface area (Å²) in [5.74, 6) is 1.74. The maximum absolute atomic E-state index is 12.8. The Bertz CT molecular complexity index is 1300. The van der Waals surface area contributed by atoms with Gasteiger partial charge in [0.05, 0.1) is 22.9 Å². The molecule has 0 spiro atoms. The van der Waals surface area contributed by atoms with Gasteiger partial charge < -0.3 is 15.0 Å². The number of carbonyl (C=O) groups is 1. The molecule has 0 saturated heterocycles. The van der Waals surface area contributed by atoms with E-state index in [9.17, 15) is 9.59 Å². The standard InChI is InChI=1S/C25H25N3O3S2/c1-16-7-6-10-19(13-16)31-12-11-26-23(29)17(2)32-15-21-27-24(30)22-20(14-33-25(22)28-21)18-8-4-3-5-9-18/h3-10,13-14,17H,11-12,15H2,1-2H3,(H,26,29)(H,27,28,30). The van der Waals surface area contributed by atoms with Crippen molar-refractivity contribution in [3.63, 3.8) is 0 Å². The number of ether oxygens (including phenoxy) is 1. The van der Waals surface area contributed by atoms with E-state index in [0.717, 1.165) is 22.4 Å². The molecule has 8 heteroatoms. The zero-order chi connectivity index (χ0) is 23.2. The Hall–Kier alpha value is -3.10. The minimum Gasteiger partial charge on any atom is -0.492 e. The molecule has 0 fully saturated rings. The molecular weight excluding hydrogens is 454 g/mol. The lowest BCUT2D eigenvalue weighted by Crippen LogP contribution is -2.34. The molecule has 2 heterocycles. The van der Waals surface area contributed by atoms with Gasteiger partial charge in [0.1, 0.15) is 23.0 Å². The van der Waals surface area contributed by atoms with Crippen LogP contribution in [0.5, 0.6) is 5.75 Å². The van der Waals surface area contributed by atoms with E-state index in [1.165, 1.54) is 23.1 Å². The normalized spacial score (nSPS) is 11.9. The van der Waals surface area contributed by atoms with Crippen molar-refractivity contribution >= 4 is 39.2 Å². The lowest BCUT2D eigenvalue weighted by atomic mass is 10.1. The molecule has 0 aliphatic heterocycles. The fraction of sp³-hybridized carbons (Fsp3) is 0.240. The first kappa shape index (κ1) is 23.1. The number of aryl methyl sites for hydroxylation is 1. The molecule has 0 aliphatic rings. The van der Waals surface area contributed by atoms with Gasteiger partial charge in [-0.3, -0.25) is 9.59 Å². The Morgan fingerprint density at radius 2 is 2.03 bits per heavy atom. The van der Waals surface area contributed by atoms with Gasteiger partial charge in [-0.05, 0) is 37.1 Å². The second-order valence-electron chi connectivity index (χ2n) is 7.62. The number of H-pyrrole nitrogens is 1. The number of rotatable bonds is 9. The minimum atomic E-state index is -0.284. The minimum absolute atomic E-state index is 0.0706. The molecule has 1 amide bonds. The number of fused-ring (bicyclic) bond motifs is 1. The molecule has 2 aromatic heterocycles. The van der Waals surface area contributed by atoms with Gasteiger partial charge in [-0.2, -0.15) is 0 Å². The fourth-order valence-corrected chi connectivity index (χ4v) is 5.11. The van der Waals surface area contributed by atoms with E-state index in [-0.39, 0.29) is 16.7 Å². The molecule has 2 N–H and O–H groups in total. The topological polar surface area (TPSA) is 84.1 Å². The maximum atomic E-state index is 12.8. The molecule has 4 rings (SSSR count). The molecule has 33 heavy (non-hydrogen) atoms. The van der Waals surface area contributed by atoms with Crippen LogP contribution in [0.15, 0.2) is 64.8 Å². The highest BCUT2D eigenvalue weighted by atomic mass is 32.2. The van der Waals surface area contributed by atoms with Crippen LogP contribution in [0.3, 0.4) is 0 Å². The van der Waals surface area contributed by atoms with Crippen LogP contribution in [0.2, 0.25) is 0 Å². The van der Waals surface area contributed by atoms with Crippen LogP contribution in [0.25, 0.3) is 21.3 Å². The van der Waals surface area contributed by atoms with Crippen molar-refractivity contribution in [2.45, 2.75) is 24.9 Å². The Morgan fingerprint density at radius 1 is 1.21 bits per heavy atom. The molecule has 0 aliphatic carbocycles. The van der Waals surface area contributed by atoms with Crippen LogP contribution < -0.4 is 15.6 Å². The number of nitrogens with one attached hydrogen (secondary N) is 2. The van der Waals surface area contributed by atoms with Crippen LogP contribution >= 0.6 is 23.1 Å². The second kappa shape index (κ2) is 10.7. The Labute approximate surface area is 200 Å². The lowest BCUT2D eigenvalue weighted by molar-refractivity contribution is -0.120. The molecule has 6 nitrogen and oxygen atoms in total. The Balaban J connectivity index is 1.30. The van der Waals surface area contributed by atoms with E-state index in [2.05, 4.69) is 15.3 Å². The highest BCUT2D eigenvalue weighted by Gasteiger charge is 2.16. The first-order valence-corrected chi connectivity index (χ1v) is 12.6. The van der Waals surface area contributed by atoms with Crippen molar-refractivity contribution in [1.29, 1.82) is 0 Å². The number of aromatic amines is 1. The quantitative estimate of drug-likeness (QED) is 0.338. The number of hydrogen-bond donors (Lipinski definition) is 2. The van der Waals surface area contributed by atoms with Crippen molar-refractivity contribution < 1.29 is 9.53 Å². The van der Waals surface area contributed by atoms with Gasteiger partial charge in [0.25, 0.3) is 5.56 Å². The van der Waals surface area contributed by atoms with Crippen LogP contribution in [-0.2, 0) is 10.5 Å². The summed E-state index contributed by atoms with van der Waals surface area (Å²) in [5.41, 5.74) is 2.87. The van der Waals surface area contributed by atoms with Crippen molar-refractivity contribution in [2.75, 3.05) is 13.2 Å². The number of carbonyl (C=O) groups excluding carboxylic acids is 1. The maximum Gasteiger partial charge on any atom is 0.260 e. The first-order chi connectivity index (χ1) is 16.0. The third-order valence-electron chi connectivity index (χ3n) is 5.08. The molecule has 0 bridgehead atoms. The summed E-state index contributed by atoms with van der Waals surface area (Å²) >= 11 is 2.89. The summed E-state index contributed by atoms with van der Waals surface area (Å²) in [6.45, 7) is 4.68. The number of thioether (sulfide) groups is 1. The predicted octanol–water partition coefficient (Wildman–Crippen LogP) is 4.78. The molecule has 1 unspecified atom stereocenters. The Morgan fingerprint density at radius 3 is 2.82 bits per heavy atom. The third-order valence-corrected chi connectivity index (χ3v) is 7.10. The van der Waals surface area contributed by atoms with Crippen LogP contribution in [-0.4, -0.2) is 34.3 Å². The van der Waals surface area contributed by atoms with E-state index in [1.54, 1.807) is 0 Å². The van der Waals surface area contributed by atoms with Crippen molar-refractivity contribution in [2.24, 2.45) is 0 Å². The van der Waals surface area contributed by atoms with Crippen LogP contribution in [0.1, 0.15) is 18.3 Å². The first-order valence-electron chi connectivity index (χ1n) is 10.7. The fourth-order valence-electron chi connectivity index (χ4n) is 3.36. The van der Waals surface area contributed by atoms with Gasteiger partial charge in [0.15, 0.2) is 0 Å². The molecule has 1 atom stereocenters. The summed E-state index contributed by atoms with van der Waals surface area (Å²) in [6, 6.07) is 17.6. The highest BCUT2D eigenvalue weighted by molar-refractivity contribution is 7.99. The van der Waals surface area contributed by atoms with Crippen molar-refractivity contribution in [3.8, 4) is 16.9 Å². The van der Waals surface area contributed by atoms with Crippen molar-refractivity contribution in [3.05, 3.63) is 81.7 Å². The third kappa shape index (κ3) is 5.83. The van der Waals surface area contributed by atoms with E-state index in [4.69, 9.17) is 4.74 Å². The lowest BCUT2D eigenvalue weighted by Gasteiger charge is -2.12. The molecular formula is C25H25N3O3S2. The van der Waals surface area contributed by atoms with Crippen LogP contribution in [0.4, 0.5) is 0 Å². The highest BCUT2D eigenvalue weighted by Crippen LogP contribution is 2.30. The summed E-state index contributed by atoms with van der Waals surface area (Å²) in [6.07, 6.45) is 0. The summed E-state index contributed by atoms with van der Waals surface area (Å²) in [4.78, 5) is 33.4. The number of amides is 1. The zero-order valence-corrected chi connectivity index (χ0v) is 20.1. The summed E-state index contributed by atoms with van der Waals surface area (Å²) in [5, 5.41) is 5.18. The zero-order valence-electron chi connectivity index (χ0n) is 18.5. The van der Waals surface area contributed by atoms with Crippen molar-refractivity contribution in [1.82, 2.24) is 15.3 Å². The van der Waals surface area contributed by atoms with E-state index in [0.29, 0.717) is 34.9 Å². The van der Waals surface area contributed by atoms with Gasteiger partial charge in [0.2, 0.25) is 5.91 Å². The number of hydrogen-bond acceptors (Lipinski definition) is 6. The number of nitrogens with zero attached hydrogens (tertiary/aromatic N) is 1. The summed E-state index contributed by atoms with van der Waals surface area (Å²) in [7, 11) is 0. The SMILES string of the molecule is Cc1cccc(OCCNC(=O)C(C)SCc2nc3scc(-c4ccccc4)c3c(=O)[nH]2)c1. The molecule has 0 saturated carbocycles. The monoisotopic (exact) mass is 479 g/mol. The van der Waals surface area contributed by atoms with Gasteiger partial charge in [-0.15, -0.1) is 23.1 Å². The Kier molecular flexibility index (Phi) is 7.47. The number of aromatic nitrogens is 2. The van der Waals surface area contributed by atoms with E-state index >= 15 is 0 Å². The van der Waals surface area contributed by atoms with Gasteiger partial charge in [0, 0.05) is 10.9 Å². The van der Waals surface area contributed by atoms with Gasteiger partial charge in [-0.25, -0.2) is 4.98 Å². The van der Waals surface area contributed by atoms with E-state index < -0.39 is 0 Å². The van der Waals surface area contributed by atoms with Gasteiger partial charge >= 0.3 is 0 Å². The largest absolute Gasteiger partial charge is 0.492 e. The number of thiophene rings is 1. The smallest absolute Gasteiger partial charge is 0.260 e. The molecule has 0 radical (unpaired) electrons. The van der Waals surface area contributed by atoms with Crippen LogP contribution in [0, 0.1) is 6.92 Å². The van der Waals surface area contributed by atoms with E-state index in [1.807, 2.05) is 73.8 Å². The second-order valence-corrected chi connectivity index (χ2v) is 9.80. The molecule has 4 aromatic rings. The average Bonchev–Trinajstić information content (AvgIpc) is 3.25. The average molecular weight is 480 g/mol. The molecule has 2 aromatic carbocycles. The van der Waals surface area contributed by atoms with Gasteiger partial charge in [-0.1, -0.05) is 42.5 Å².